The van der Waals surface area contributed by atoms with Gasteiger partial charge in [0.25, 0.3) is 0 Å². The number of aromatic nitrogens is 3. The number of pyridine rings is 1. The Morgan fingerprint density at radius 1 is 1.11 bits per heavy atom. The first kappa shape index (κ1) is 11.0. The van der Waals surface area contributed by atoms with E-state index in [9.17, 15) is 0 Å². The molecular weight excluding hydrogens is 250 g/mol. The number of benzene rings is 1. The van der Waals surface area contributed by atoms with Gasteiger partial charge in [0.15, 0.2) is 11.5 Å². The Bertz CT molecular complexity index is 691. The van der Waals surface area contributed by atoms with E-state index < -0.39 is 0 Å². The first-order valence-electron chi connectivity index (χ1n) is 5.42. The minimum atomic E-state index is 0.649. The third-order valence-electron chi connectivity index (χ3n) is 2.72. The second-order valence-electron chi connectivity index (χ2n) is 3.83. The van der Waals surface area contributed by atoms with Crippen molar-refractivity contribution >= 4 is 17.2 Å². The molecule has 2 aromatic heterocycles. The number of methoxy groups -OCH3 is 1. The quantitative estimate of drug-likeness (QED) is 0.710. The van der Waals surface area contributed by atoms with Gasteiger partial charge in [-0.3, -0.25) is 4.40 Å². The summed E-state index contributed by atoms with van der Waals surface area (Å²) in [5, 5.41) is 8.92. The minimum absolute atomic E-state index is 0.649. The van der Waals surface area contributed by atoms with Crippen LogP contribution in [-0.4, -0.2) is 21.7 Å². The maximum atomic E-state index is 5.92. The van der Waals surface area contributed by atoms with Gasteiger partial charge in [0.1, 0.15) is 5.75 Å². The van der Waals surface area contributed by atoms with E-state index in [-0.39, 0.29) is 0 Å². The van der Waals surface area contributed by atoms with E-state index in [1.807, 2.05) is 40.9 Å². The summed E-state index contributed by atoms with van der Waals surface area (Å²) in [7, 11) is 1.64. The van der Waals surface area contributed by atoms with Gasteiger partial charge in [0, 0.05) is 22.8 Å². The predicted octanol–water partition coefficient (Wildman–Crippen LogP) is 3.06. The Kier molecular flexibility index (Phi) is 2.64. The van der Waals surface area contributed by atoms with Crippen molar-refractivity contribution in [3.05, 3.63) is 47.6 Å². The van der Waals surface area contributed by atoms with Crippen molar-refractivity contribution in [3.63, 3.8) is 0 Å². The maximum absolute atomic E-state index is 5.92. The van der Waals surface area contributed by atoms with Crippen LogP contribution in [0.15, 0.2) is 42.6 Å². The predicted molar refractivity (Wildman–Crippen MR) is 70.0 cm³/mol. The topological polar surface area (TPSA) is 39.4 Å². The SMILES string of the molecule is COc1ccc(-c2nnc3cc(Cl)ccn23)cc1. The van der Waals surface area contributed by atoms with Gasteiger partial charge >= 0.3 is 0 Å². The van der Waals surface area contributed by atoms with Gasteiger partial charge in [-0.05, 0) is 30.3 Å². The van der Waals surface area contributed by atoms with Gasteiger partial charge in [0.2, 0.25) is 0 Å². The van der Waals surface area contributed by atoms with Gasteiger partial charge in [-0.15, -0.1) is 10.2 Å². The molecule has 0 aliphatic carbocycles. The van der Waals surface area contributed by atoms with Gasteiger partial charge in [-0.25, -0.2) is 0 Å². The van der Waals surface area contributed by atoms with E-state index in [0.29, 0.717) is 5.02 Å². The van der Waals surface area contributed by atoms with Crippen LogP contribution < -0.4 is 4.74 Å². The summed E-state index contributed by atoms with van der Waals surface area (Å²) in [6, 6.07) is 11.3. The fourth-order valence-corrected chi connectivity index (χ4v) is 1.96. The molecule has 0 saturated heterocycles. The van der Waals surface area contributed by atoms with Crippen LogP contribution in [0.3, 0.4) is 0 Å². The number of halogens is 1. The van der Waals surface area contributed by atoms with Crippen LogP contribution >= 0.6 is 11.6 Å². The van der Waals surface area contributed by atoms with Crippen LogP contribution in [0, 0.1) is 0 Å². The summed E-state index contributed by atoms with van der Waals surface area (Å²) < 4.78 is 7.03. The lowest BCUT2D eigenvalue weighted by molar-refractivity contribution is 0.415. The lowest BCUT2D eigenvalue weighted by Crippen LogP contribution is -1.89. The zero-order valence-electron chi connectivity index (χ0n) is 9.67. The number of fused-ring (bicyclic) bond motifs is 1. The van der Waals surface area contributed by atoms with Gasteiger partial charge in [0.05, 0.1) is 7.11 Å². The monoisotopic (exact) mass is 259 g/mol. The van der Waals surface area contributed by atoms with E-state index in [2.05, 4.69) is 10.2 Å². The van der Waals surface area contributed by atoms with Crippen molar-refractivity contribution in [3.8, 4) is 17.1 Å². The third kappa shape index (κ3) is 1.80. The molecule has 5 heteroatoms. The molecule has 0 aliphatic rings. The van der Waals surface area contributed by atoms with Crippen LogP contribution in [0.1, 0.15) is 0 Å². The number of hydrogen-bond donors (Lipinski definition) is 0. The highest BCUT2D eigenvalue weighted by Crippen LogP contribution is 2.22. The molecule has 0 bridgehead atoms. The number of nitrogens with zero attached hydrogens (tertiary/aromatic N) is 3. The molecule has 0 radical (unpaired) electrons. The van der Waals surface area contributed by atoms with Crippen LogP contribution in [0.2, 0.25) is 5.02 Å². The Balaban J connectivity index is 2.13. The van der Waals surface area contributed by atoms with E-state index in [1.165, 1.54) is 0 Å². The average molecular weight is 260 g/mol. The number of hydrogen-bond acceptors (Lipinski definition) is 3. The number of rotatable bonds is 2. The van der Waals surface area contributed by atoms with E-state index in [4.69, 9.17) is 16.3 Å². The molecule has 3 rings (SSSR count). The zero-order valence-corrected chi connectivity index (χ0v) is 10.4. The minimum Gasteiger partial charge on any atom is -0.497 e. The molecule has 1 aromatic carbocycles. The molecule has 0 amide bonds. The van der Waals surface area contributed by atoms with Gasteiger partial charge in [-0.2, -0.15) is 0 Å². The van der Waals surface area contributed by atoms with Crippen molar-refractivity contribution in [2.24, 2.45) is 0 Å². The molecule has 4 nitrogen and oxygen atoms in total. The van der Waals surface area contributed by atoms with Crippen LogP contribution in [0.5, 0.6) is 5.75 Å². The molecule has 90 valence electrons. The highest BCUT2D eigenvalue weighted by Gasteiger charge is 2.08. The molecule has 0 atom stereocenters. The lowest BCUT2D eigenvalue weighted by Gasteiger charge is -2.02. The Morgan fingerprint density at radius 3 is 2.61 bits per heavy atom. The Hall–Kier alpha value is -2.07. The first-order chi connectivity index (χ1) is 8.78. The normalized spacial score (nSPS) is 10.8. The third-order valence-corrected chi connectivity index (χ3v) is 2.96. The summed E-state index contributed by atoms with van der Waals surface area (Å²) >= 11 is 5.92. The summed E-state index contributed by atoms with van der Waals surface area (Å²) in [5.41, 5.74) is 1.71. The summed E-state index contributed by atoms with van der Waals surface area (Å²) in [6.45, 7) is 0. The highest BCUT2D eigenvalue weighted by atomic mass is 35.5. The van der Waals surface area contributed by atoms with E-state index >= 15 is 0 Å². The molecule has 18 heavy (non-hydrogen) atoms. The molecule has 0 fully saturated rings. The fraction of sp³-hybridized carbons (Fsp3) is 0.0769. The smallest absolute Gasteiger partial charge is 0.168 e. The fourth-order valence-electron chi connectivity index (χ4n) is 1.80. The summed E-state index contributed by atoms with van der Waals surface area (Å²) in [4.78, 5) is 0. The van der Waals surface area contributed by atoms with E-state index in [0.717, 1.165) is 22.8 Å². The average Bonchev–Trinajstić information content (AvgIpc) is 2.81. The maximum Gasteiger partial charge on any atom is 0.168 e. The summed E-state index contributed by atoms with van der Waals surface area (Å²) in [6.07, 6.45) is 1.86. The highest BCUT2D eigenvalue weighted by molar-refractivity contribution is 6.30. The van der Waals surface area contributed by atoms with E-state index in [1.54, 1.807) is 13.2 Å². The van der Waals surface area contributed by atoms with Crippen molar-refractivity contribution in [1.82, 2.24) is 14.6 Å². The molecule has 0 aliphatic heterocycles. The van der Waals surface area contributed by atoms with Crippen molar-refractivity contribution < 1.29 is 4.74 Å². The lowest BCUT2D eigenvalue weighted by atomic mass is 10.2. The van der Waals surface area contributed by atoms with Crippen LogP contribution in [-0.2, 0) is 0 Å². The Morgan fingerprint density at radius 2 is 1.89 bits per heavy atom. The molecule has 2 heterocycles. The van der Waals surface area contributed by atoms with Gasteiger partial charge < -0.3 is 4.74 Å². The van der Waals surface area contributed by atoms with Gasteiger partial charge in [-0.1, -0.05) is 11.6 Å². The molecule has 0 spiro atoms. The molecule has 0 N–H and O–H groups in total. The largest absolute Gasteiger partial charge is 0.497 e. The van der Waals surface area contributed by atoms with Crippen molar-refractivity contribution in [2.45, 2.75) is 0 Å². The summed E-state index contributed by atoms with van der Waals surface area (Å²) in [5.74, 6) is 1.60. The zero-order chi connectivity index (χ0) is 12.5. The van der Waals surface area contributed by atoms with Crippen molar-refractivity contribution in [2.75, 3.05) is 7.11 Å². The molecule has 3 aromatic rings. The Labute approximate surface area is 109 Å². The second-order valence-corrected chi connectivity index (χ2v) is 4.26. The first-order valence-corrected chi connectivity index (χ1v) is 5.80. The number of ether oxygens (including phenoxy) is 1. The van der Waals surface area contributed by atoms with Crippen LogP contribution in [0.4, 0.5) is 0 Å². The second kappa shape index (κ2) is 4.31. The molecule has 0 unspecified atom stereocenters. The standard InChI is InChI=1S/C13H10ClN3O/c1-18-11-4-2-9(3-5-11)13-16-15-12-8-10(14)6-7-17(12)13/h2-8H,1H3. The molecule has 0 saturated carbocycles. The van der Waals surface area contributed by atoms with Crippen LogP contribution in [0.25, 0.3) is 17.0 Å². The van der Waals surface area contributed by atoms with Crippen molar-refractivity contribution in [1.29, 1.82) is 0 Å². The molecular formula is C13H10ClN3O.